The molecule has 0 spiro atoms. The summed E-state index contributed by atoms with van der Waals surface area (Å²) in [7, 11) is 1.58. The molecular weight excluding hydrogens is 494 g/mol. The van der Waals surface area contributed by atoms with Crippen LogP contribution in [0.4, 0.5) is 5.13 Å². The first kappa shape index (κ1) is 24.8. The molecule has 0 bridgehead atoms. The number of benzene rings is 1. The van der Waals surface area contributed by atoms with Gasteiger partial charge in [-0.05, 0) is 38.5 Å². The summed E-state index contributed by atoms with van der Waals surface area (Å²) in [4.78, 5) is 35.4. The number of aromatic nitrogens is 3. The first-order chi connectivity index (χ1) is 16.8. The number of halogens is 1. The Labute approximate surface area is 211 Å². The Morgan fingerprint density at radius 3 is 2.60 bits per heavy atom. The van der Waals surface area contributed by atoms with Crippen LogP contribution in [0.25, 0.3) is 0 Å². The van der Waals surface area contributed by atoms with Gasteiger partial charge in [0.1, 0.15) is 28.5 Å². The summed E-state index contributed by atoms with van der Waals surface area (Å²) in [5.41, 5.74) is 0.663. The lowest BCUT2D eigenvalue weighted by Gasteiger charge is -2.30. The number of aryl methyl sites for hydroxylation is 1. The summed E-state index contributed by atoms with van der Waals surface area (Å²) < 4.78 is 21.0. The standard InChI is InChI=1S/C23H24ClN5O5S/c1-13(12-32-3)33-17-7-15(20(30)27-23-26-14(2)28-35-23)8-18(10-17)34-21-19(24)9-16(11-25-21)22(31)29-5-4-6-29/h7-11,13H,4-6,12H2,1-3H3,(H,26,27,28,30)/t13-/m0/s1. The van der Waals surface area contributed by atoms with E-state index in [1.54, 1.807) is 31.1 Å². The third kappa shape index (κ3) is 6.24. The average molecular weight is 518 g/mol. The van der Waals surface area contributed by atoms with Crippen LogP contribution in [0.15, 0.2) is 30.5 Å². The van der Waals surface area contributed by atoms with Crippen LogP contribution in [-0.4, -0.2) is 64.0 Å². The van der Waals surface area contributed by atoms with Crippen molar-refractivity contribution in [1.29, 1.82) is 0 Å². The smallest absolute Gasteiger partial charge is 0.257 e. The molecular formula is C23H24ClN5O5S. The third-order valence-corrected chi connectivity index (χ3v) is 6.03. The number of anilines is 1. The summed E-state index contributed by atoms with van der Waals surface area (Å²) in [6.45, 7) is 5.39. The van der Waals surface area contributed by atoms with Crippen LogP contribution in [0, 0.1) is 6.92 Å². The number of nitrogens with zero attached hydrogens (tertiary/aromatic N) is 4. The van der Waals surface area contributed by atoms with Gasteiger partial charge in [0.2, 0.25) is 11.0 Å². The molecule has 3 aromatic rings. The predicted octanol–water partition coefficient (Wildman–Crippen LogP) is 4.20. The Balaban J connectivity index is 1.58. The highest BCUT2D eigenvalue weighted by Crippen LogP contribution is 2.32. The fraction of sp³-hybridized carbons (Fsp3) is 0.348. The van der Waals surface area contributed by atoms with Gasteiger partial charge >= 0.3 is 0 Å². The highest BCUT2D eigenvalue weighted by molar-refractivity contribution is 7.09. The summed E-state index contributed by atoms with van der Waals surface area (Å²) >= 11 is 7.45. The van der Waals surface area contributed by atoms with Crippen LogP contribution in [-0.2, 0) is 4.74 Å². The molecule has 0 radical (unpaired) electrons. The normalized spacial score (nSPS) is 13.7. The van der Waals surface area contributed by atoms with E-state index in [2.05, 4.69) is 19.7 Å². The molecule has 12 heteroatoms. The van der Waals surface area contributed by atoms with E-state index < -0.39 is 5.91 Å². The number of nitrogens with one attached hydrogen (secondary N) is 1. The lowest BCUT2D eigenvalue weighted by Crippen LogP contribution is -2.42. The second-order valence-corrected chi connectivity index (χ2v) is 9.10. The Morgan fingerprint density at radius 2 is 1.97 bits per heavy atom. The van der Waals surface area contributed by atoms with Crippen molar-refractivity contribution in [3.63, 3.8) is 0 Å². The lowest BCUT2D eigenvalue weighted by molar-refractivity contribution is 0.0651. The number of ether oxygens (including phenoxy) is 3. The highest BCUT2D eigenvalue weighted by Gasteiger charge is 2.23. The maximum atomic E-state index is 12.9. The molecule has 2 aromatic heterocycles. The van der Waals surface area contributed by atoms with Gasteiger partial charge in [0.25, 0.3) is 11.8 Å². The van der Waals surface area contributed by atoms with Crippen molar-refractivity contribution in [1.82, 2.24) is 19.2 Å². The van der Waals surface area contributed by atoms with Gasteiger partial charge in [-0.15, -0.1) is 0 Å². The minimum Gasteiger partial charge on any atom is -0.488 e. The van der Waals surface area contributed by atoms with E-state index in [0.29, 0.717) is 28.9 Å². The van der Waals surface area contributed by atoms with Crippen molar-refractivity contribution < 1.29 is 23.8 Å². The van der Waals surface area contributed by atoms with E-state index in [-0.39, 0.29) is 34.2 Å². The Morgan fingerprint density at radius 1 is 1.20 bits per heavy atom. The molecule has 1 saturated heterocycles. The number of carbonyl (C=O) groups excluding carboxylic acids is 2. The molecule has 1 aromatic carbocycles. The molecule has 10 nitrogen and oxygen atoms in total. The third-order valence-electron chi connectivity index (χ3n) is 5.04. The largest absolute Gasteiger partial charge is 0.488 e. The quantitative estimate of drug-likeness (QED) is 0.449. The molecule has 0 saturated carbocycles. The summed E-state index contributed by atoms with van der Waals surface area (Å²) in [6.07, 6.45) is 2.14. The van der Waals surface area contributed by atoms with Gasteiger partial charge in [-0.3, -0.25) is 14.9 Å². The molecule has 0 unspecified atom stereocenters. The van der Waals surface area contributed by atoms with Gasteiger partial charge < -0.3 is 19.1 Å². The number of amides is 2. The maximum absolute atomic E-state index is 12.9. The second kappa shape index (κ2) is 11.0. The number of hydrogen-bond donors (Lipinski definition) is 1. The molecule has 1 atom stereocenters. The minimum absolute atomic E-state index is 0.0972. The van der Waals surface area contributed by atoms with Crippen LogP contribution in [0.5, 0.6) is 17.4 Å². The predicted molar refractivity (Wildman–Crippen MR) is 131 cm³/mol. The molecule has 2 amide bonds. The van der Waals surface area contributed by atoms with Crippen LogP contribution in [0.3, 0.4) is 0 Å². The number of pyridine rings is 1. The van der Waals surface area contributed by atoms with E-state index in [4.69, 9.17) is 25.8 Å². The van der Waals surface area contributed by atoms with Crippen LogP contribution < -0.4 is 14.8 Å². The fourth-order valence-electron chi connectivity index (χ4n) is 3.28. The molecule has 1 N–H and O–H groups in total. The van der Waals surface area contributed by atoms with E-state index in [1.807, 2.05) is 6.92 Å². The minimum atomic E-state index is -0.412. The molecule has 1 aliphatic heterocycles. The Bertz CT molecular complexity index is 1230. The van der Waals surface area contributed by atoms with Gasteiger partial charge in [-0.25, -0.2) is 9.97 Å². The van der Waals surface area contributed by atoms with Crippen molar-refractivity contribution >= 4 is 40.1 Å². The molecule has 1 aliphatic rings. The summed E-state index contributed by atoms with van der Waals surface area (Å²) in [5, 5.41) is 3.26. The van der Waals surface area contributed by atoms with E-state index in [0.717, 1.165) is 31.0 Å². The SMILES string of the molecule is COC[C@H](C)Oc1cc(Oc2ncc(C(=O)N3CCC3)cc2Cl)cc(C(=O)Nc2nc(C)ns2)c1. The van der Waals surface area contributed by atoms with Gasteiger partial charge in [0.15, 0.2) is 0 Å². The van der Waals surface area contributed by atoms with Crippen molar-refractivity contribution in [2.24, 2.45) is 0 Å². The number of carbonyl (C=O) groups is 2. The van der Waals surface area contributed by atoms with Gasteiger partial charge in [0, 0.05) is 49.6 Å². The zero-order chi connectivity index (χ0) is 24.9. The van der Waals surface area contributed by atoms with Crippen molar-refractivity contribution in [3.8, 4) is 17.4 Å². The first-order valence-electron chi connectivity index (χ1n) is 10.9. The molecule has 0 aliphatic carbocycles. The second-order valence-electron chi connectivity index (χ2n) is 7.94. The number of methoxy groups -OCH3 is 1. The zero-order valence-corrected chi connectivity index (χ0v) is 21.0. The van der Waals surface area contributed by atoms with Gasteiger partial charge in [-0.2, -0.15) is 4.37 Å². The van der Waals surface area contributed by atoms with Crippen molar-refractivity contribution in [2.45, 2.75) is 26.4 Å². The summed E-state index contributed by atoms with van der Waals surface area (Å²) in [5.74, 6) is 0.806. The molecule has 3 heterocycles. The maximum Gasteiger partial charge on any atom is 0.257 e. The average Bonchev–Trinajstić information content (AvgIpc) is 3.18. The zero-order valence-electron chi connectivity index (χ0n) is 19.4. The Hall–Kier alpha value is -3.28. The first-order valence-corrected chi connectivity index (χ1v) is 12.0. The summed E-state index contributed by atoms with van der Waals surface area (Å²) in [6, 6.07) is 6.27. The fourth-order valence-corrected chi connectivity index (χ4v) is 4.05. The van der Waals surface area contributed by atoms with Crippen LogP contribution in [0.1, 0.15) is 39.9 Å². The number of likely N-dealkylation sites (tertiary alicyclic amines) is 1. The number of hydrogen-bond acceptors (Lipinski definition) is 9. The molecule has 1 fully saturated rings. The topological polar surface area (TPSA) is 116 Å². The van der Waals surface area contributed by atoms with Gasteiger partial charge in [0.05, 0.1) is 12.2 Å². The van der Waals surface area contributed by atoms with E-state index in [9.17, 15) is 9.59 Å². The lowest BCUT2D eigenvalue weighted by atomic mass is 10.1. The molecule has 35 heavy (non-hydrogen) atoms. The van der Waals surface area contributed by atoms with Crippen molar-refractivity contribution in [3.05, 3.63) is 52.4 Å². The van der Waals surface area contributed by atoms with Crippen LogP contribution in [0.2, 0.25) is 5.02 Å². The Kier molecular flexibility index (Phi) is 7.79. The molecule has 4 rings (SSSR count). The van der Waals surface area contributed by atoms with E-state index >= 15 is 0 Å². The van der Waals surface area contributed by atoms with Crippen molar-refractivity contribution in [2.75, 3.05) is 32.1 Å². The molecule has 184 valence electrons. The van der Waals surface area contributed by atoms with Gasteiger partial charge in [-0.1, -0.05) is 11.6 Å². The highest BCUT2D eigenvalue weighted by atomic mass is 35.5. The number of rotatable bonds is 9. The monoisotopic (exact) mass is 517 g/mol. The van der Waals surface area contributed by atoms with E-state index in [1.165, 1.54) is 18.3 Å². The van der Waals surface area contributed by atoms with Crippen LogP contribution >= 0.6 is 23.1 Å².